The van der Waals surface area contributed by atoms with Crippen LogP contribution in [0, 0.1) is 0 Å². The minimum atomic E-state index is -0.339. The van der Waals surface area contributed by atoms with Gasteiger partial charge < -0.3 is 10.6 Å². The lowest BCUT2D eigenvalue weighted by molar-refractivity contribution is -0.122. The number of hydrogen-bond donors (Lipinski definition) is 2. The predicted octanol–water partition coefficient (Wildman–Crippen LogP) is 1.47. The van der Waals surface area contributed by atoms with Crippen LogP contribution in [0.15, 0.2) is 48.7 Å². The third-order valence-electron chi connectivity index (χ3n) is 2.07. The second-order valence-corrected chi connectivity index (χ2v) is 3.65. The molecule has 0 aliphatic carbocycles. The minimum absolute atomic E-state index is 0.218. The summed E-state index contributed by atoms with van der Waals surface area (Å²) in [6.45, 7) is 5.23. The molecule has 0 unspecified atom stereocenters. The molecule has 0 bridgehead atoms. The fraction of sp³-hybridized carbons (Fsp3) is 0.143. The van der Waals surface area contributed by atoms with E-state index in [9.17, 15) is 9.59 Å². The van der Waals surface area contributed by atoms with Crippen LogP contribution in [0.3, 0.4) is 0 Å². The normalized spacial score (nSPS) is 10.6. The van der Waals surface area contributed by atoms with Crippen molar-refractivity contribution in [1.82, 2.24) is 10.6 Å². The van der Waals surface area contributed by atoms with E-state index in [4.69, 9.17) is 0 Å². The summed E-state index contributed by atoms with van der Waals surface area (Å²) in [6, 6.07) is 9.30. The number of hydrogen-bond acceptors (Lipinski definition) is 2. The lowest BCUT2D eigenvalue weighted by atomic mass is 10.2. The molecule has 94 valence electrons. The van der Waals surface area contributed by atoms with Crippen LogP contribution in [-0.4, -0.2) is 18.4 Å². The molecule has 1 aromatic rings. The highest BCUT2D eigenvalue weighted by Crippen LogP contribution is 2.04. The lowest BCUT2D eigenvalue weighted by Gasteiger charge is -2.08. The Morgan fingerprint density at radius 2 is 1.94 bits per heavy atom. The van der Waals surface area contributed by atoms with E-state index in [1.54, 1.807) is 12.2 Å². The van der Waals surface area contributed by atoms with Gasteiger partial charge in [-0.2, -0.15) is 0 Å². The molecule has 4 heteroatoms. The van der Waals surface area contributed by atoms with Crippen LogP contribution >= 0.6 is 0 Å². The van der Waals surface area contributed by atoms with Crippen LogP contribution in [0.4, 0.5) is 0 Å². The van der Waals surface area contributed by atoms with Gasteiger partial charge in [0.1, 0.15) is 5.70 Å². The molecule has 1 rings (SSSR count). The molecular weight excluding hydrogens is 228 g/mol. The average Bonchev–Trinajstić information content (AvgIpc) is 2.36. The maximum Gasteiger partial charge on any atom is 0.268 e. The van der Waals surface area contributed by atoms with Gasteiger partial charge in [-0.1, -0.05) is 36.4 Å². The Labute approximate surface area is 106 Å². The van der Waals surface area contributed by atoms with E-state index in [-0.39, 0.29) is 17.5 Å². The van der Waals surface area contributed by atoms with Crippen molar-refractivity contribution in [3.8, 4) is 0 Å². The van der Waals surface area contributed by atoms with Crippen molar-refractivity contribution in [2.75, 3.05) is 6.54 Å². The van der Waals surface area contributed by atoms with E-state index in [1.165, 1.54) is 6.92 Å². The number of amides is 2. The SMILES string of the molecule is C=CCNC(=O)C(=Cc1ccccc1)NC(C)=O. The predicted molar refractivity (Wildman–Crippen MR) is 71.4 cm³/mol. The molecule has 0 radical (unpaired) electrons. The number of rotatable bonds is 5. The third-order valence-corrected chi connectivity index (χ3v) is 2.07. The first kappa shape index (κ1) is 13.7. The molecule has 0 spiro atoms. The molecule has 0 fully saturated rings. The van der Waals surface area contributed by atoms with Crippen LogP contribution in [0.1, 0.15) is 12.5 Å². The number of carbonyl (C=O) groups excluding carboxylic acids is 2. The van der Waals surface area contributed by atoms with Crippen molar-refractivity contribution in [2.45, 2.75) is 6.92 Å². The summed E-state index contributed by atoms with van der Waals surface area (Å²) < 4.78 is 0. The smallest absolute Gasteiger partial charge is 0.268 e. The zero-order valence-corrected chi connectivity index (χ0v) is 10.3. The largest absolute Gasteiger partial charge is 0.347 e. The summed E-state index contributed by atoms with van der Waals surface area (Å²) in [5.41, 5.74) is 1.06. The van der Waals surface area contributed by atoms with Gasteiger partial charge in [0.2, 0.25) is 5.91 Å². The molecule has 18 heavy (non-hydrogen) atoms. The molecule has 0 saturated carbocycles. The van der Waals surface area contributed by atoms with Gasteiger partial charge in [0.25, 0.3) is 5.91 Å². The highest BCUT2D eigenvalue weighted by atomic mass is 16.2. The molecule has 2 amide bonds. The maximum absolute atomic E-state index is 11.8. The standard InChI is InChI=1S/C14H16N2O2/c1-3-9-15-14(18)13(16-11(2)17)10-12-7-5-4-6-8-12/h3-8,10H,1,9H2,2H3,(H,15,18)(H,16,17). The molecule has 0 aromatic heterocycles. The topological polar surface area (TPSA) is 58.2 Å². The van der Waals surface area contributed by atoms with Gasteiger partial charge in [0.05, 0.1) is 0 Å². The van der Waals surface area contributed by atoms with Gasteiger partial charge in [-0.15, -0.1) is 6.58 Å². The zero-order chi connectivity index (χ0) is 13.4. The summed E-state index contributed by atoms with van der Waals surface area (Å²) >= 11 is 0. The first-order valence-corrected chi connectivity index (χ1v) is 5.57. The van der Waals surface area contributed by atoms with Crippen LogP contribution in [0.5, 0.6) is 0 Å². The summed E-state index contributed by atoms with van der Waals surface area (Å²) in [5, 5.41) is 5.13. The second kappa shape index (κ2) is 7.06. The van der Waals surface area contributed by atoms with Crippen molar-refractivity contribution in [1.29, 1.82) is 0 Å². The molecule has 0 aliphatic heterocycles. The highest BCUT2D eigenvalue weighted by molar-refractivity contribution is 6.00. The molecule has 0 saturated heterocycles. The molecule has 1 aromatic carbocycles. The average molecular weight is 244 g/mol. The van der Waals surface area contributed by atoms with Gasteiger partial charge >= 0.3 is 0 Å². The molecule has 0 atom stereocenters. The van der Waals surface area contributed by atoms with Gasteiger partial charge in [0, 0.05) is 13.5 Å². The van der Waals surface area contributed by atoms with E-state index >= 15 is 0 Å². The Bertz CT molecular complexity index is 464. The Balaban J connectivity index is 2.90. The summed E-state index contributed by atoms with van der Waals surface area (Å²) in [5.74, 6) is -0.625. The molecule has 0 heterocycles. The van der Waals surface area contributed by atoms with Gasteiger partial charge in [-0.3, -0.25) is 9.59 Å². The first-order chi connectivity index (χ1) is 8.63. The number of carbonyl (C=O) groups is 2. The van der Waals surface area contributed by atoms with Crippen molar-refractivity contribution < 1.29 is 9.59 Å². The quantitative estimate of drug-likeness (QED) is 0.608. The second-order valence-electron chi connectivity index (χ2n) is 3.65. The fourth-order valence-corrected chi connectivity index (χ4v) is 1.32. The van der Waals surface area contributed by atoms with E-state index < -0.39 is 0 Å². The molecule has 0 aliphatic rings. The van der Waals surface area contributed by atoms with Crippen LogP contribution in [0.25, 0.3) is 6.08 Å². The monoisotopic (exact) mass is 244 g/mol. The Kier molecular flexibility index (Phi) is 5.38. The van der Waals surface area contributed by atoms with Gasteiger partial charge in [-0.25, -0.2) is 0 Å². The highest BCUT2D eigenvalue weighted by Gasteiger charge is 2.09. The van der Waals surface area contributed by atoms with E-state index in [1.807, 2.05) is 30.3 Å². The van der Waals surface area contributed by atoms with Crippen molar-refractivity contribution in [3.63, 3.8) is 0 Å². The van der Waals surface area contributed by atoms with E-state index in [0.29, 0.717) is 6.54 Å². The molecular formula is C14H16N2O2. The zero-order valence-electron chi connectivity index (χ0n) is 10.3. The lowest BCUT2D eigenvalue weighted by Crippen LogP contribution is -2.33. The number of benzene rings is 1. The van der Waals surface area contributed by atoms with Crippen molar-refractivity contribution in [2.24, 2.45) is 0 Å². The van der Waals surface area contributed by atoms with Gasteiger partial charge in [0.15, 0.2) is 0 Å². The summed E-state index contributed by atoms with van der Waals surface area (Å²) in [4.78, 5) is 22.9. The van der Waals surface area contributed by atoms with Crippen molar-refractivity contribution in [3.05, 3.63) is 54.2 Å². The molecule has 2 N–H and O–H groups in total. The molecule has 4 nitrogen and oxygen atoms in total. The van der Waals surface area contributed by atoms with Gasteiger partial charge in [-0.05, 0) is 11.6 Å². The van der Waals surface area contributed by atoms with E-state index in [0.717, 1.165) is 5.56 Å². The summed E-state index contributed by atoms with van der Waals surface area (Å²) in [7, 11) is 0. The first-order valence-electron chi connectivity index (χ1n) is 5.57. The van der Waals surface area contributed by atoms with Crippen molar-refractivity contribution >= 4 is 17.9 Å². The maximum atomic E-state index is 11.8. The summed E-state index contributed by atoms with van der Waals surface area (Å²) in [6.07, 6.45) is 3.20. The Morgan fingerprint density at radius 3 is 2.50 bits per heavy atom. The Hall–Kier alpha value is -2.36. The van der Waals surface area contributed by atoms with Crippen LogP contribution in [-0.2, 0) is 9.59 Å². The fourth-order valence-electron chi connectivity index (χ4n) is 1.32. The van der Waals surface area contributed by atoms with Crippen LogP contribution < -0.4 is 10.6 Å². The van der Waals surface area contributed by atoms with E-state index in [2.05, 4.69) is 17.2 Å². The Morgan fingerprint density at radius 1 is 1.28 bits per heavy atom. The minimum Gasteiger partial charge on any atom is -0.347 e. The van der Waals surface area contributed by atoms with Crippen LogP contribution in [0.2, 0.25) is 0 Å². The third kappa shape index (κ3) is 4.65. The number of nitrogens with one attached hydrogen (secondary N) is 2.